The van der Waals surface area contributed by atoms with Crippen molar-refractivity contribution in [2.24, 2.45) is 0 Å². The van der Waals surface area contributed by atoms with Gasteiger partial charge in [0, 0.05) is 18.9 Å². The largest absolute Gasteiger partial charge is 0.351 e. The van der Waals surface area contributed by atoms with Crippen LogP contribution in [0, 0.1) is 0 Å². The molecule has 0 spiro atoms. The molecule has 0 fully saturated rings. The van der Waals surface area contributed by atoms with Crippen molar-refractivity contribution in [3.63, 3.8) is 0 Å². The van der Waals surface area contributed by atoms with Crippen LogP contribution in [0.5, 0.6) is 0 Å². The Labute approximate surface area is 124 Å². The molecule has 0 aliphatic heterocycles. The highest BCUT2D eigenvalue weighted by molar-refractivity contribution is 5.85. The van der Waals surface area contributed by atoms with E-state index in [0.717, 1.165) is 11.1 Å². The molecule has 108 valence electrons. The molecule has 0 radical (unpaired) electrons. The number of halogens is 1. The summed E-state index contributed by atoms with van der Waals surface area (Å²) in [5, 5.41) is 9.91. The number of hydrogen-bond acceptors (Lipinski definition) is 3. The third-order valence-corrected chi connectivity index (χ3v) is 2.82. The molecule has 1 aromatic heterocycles. The van der Waals surface area contributed by atoms with Crippen LogP contribution in [0.2, 0.25) is 0 Å². The van der Waals surface area contributed by atoms with Gasteiger partial charge in [-0.25, -0.2) is 0 Å². The van der Waals surface area contributed by atoms with Crippen molar-refractivity contribution in [2.45, 2.75) is 13.1 Å². The van der Waals surface area contributed by atoms with Crippen LogP contribution in [0.25, 0.3) is 0 Å². The van der Waals surface area contributed by atoms with Gasteiger partial charge in [0.15, 0.2) is 0 Å². The van der Waals surface area contributed by atoms with Gasteiger partial charge in [-0.05, 0) is 24.2 Å². The van der Waals surface area contributed by atoms with E-state index in [-0.39, 0.29) is 18.3 Å². The second-order valence-electron chi connectivity index (χ2n) is 4.28. The molecule has 1 aromatic carbocycles. The highest BCUT2D eigenvalue weighted by atomic mass is 35.5. The molecule has 0 bridgehead atoms. The summed E-state index contributed by atoms with van der Waals surface area (Å²) >= 11 is 0. The summed E-state index contributed by atoms with van der Waals surface area (Å²) in [4.78, 5) is 11.5. The molecule has 1 heterocycles. The van der Waals surface area contributed by atoms with E-state index in [1.165, 1.54) is 0 Å². The molecule has 20 heavy (non-hydrogen) atoms. The lowest BCUT2D eigenvalue weighted by molar-refractivity contribution is -0.120. The molecule has 0 saturated carbocycles. The molecule has 0 aliphatic carbocycles. The third-order valence-electron chi connectivity index (χ3n) is 2.82. The summed E-state index contributed by atoms with van der Waals surface area (Å²) in [5.41, 5.74) is 2.28. The molecule has 6 heteroatoms. The van der Waals surface area contributed by atoms with Gasteiger partial charge in [0.05, 0.1) is 13.1 Å². The SMILES string of the molecule is CNCC(=O)NCc1ccccc1Cn1cccn1.Cl. The fourth-order valence-electron chi connectivity index (χ4n) is 1.87. The Bertz CT molecular complexity index is 528. The van der Waals surface area contributed by atoms with Gasteiger partial charge in [-0.1, -0.05) is 24.3 Å². The van der Waals surface area contributed by atoms with Crippen molar-refractivity contribution in [3.05, 3.63) is 53.9 Å². The quantitative estimate of drug-likeness (QED) is 0.841. The average molecular weight is 295 g/mol. The summed E-state index contributed by atoms with van der Waals surface area (Å²) in [6.07, 6.45) is 3.69. The second kappa shape index (κ2) is 8.35. The molecule has 0 unspecified atom stereocenters. The molecule has 0 saturated heterocycles. The summed E-state index contributed by atoms with van der Waals surface area (Å²) in [7, 11) is 1.76. The van der Waals surface area contributed by atoms with Gasteiger partial charge in [0.25, 0.3) is 0 Å². The minimum atomic E-state index is -0.00334. The van der Waals surface area contributed by atoms with E-state index in [2.05, 4.69) is 21.8 Å². The van der Waals surface area contributed by atoms with Gasteiger partial charge in [-0.2, -0.15) is 5.10 Å². The lowest BCUT2D eigenvalue weighted by Gasteiger charge is -2.11. The normalized spacial score (nSPS) is 9.85. The summed E-state index contributed by atoms with van der Waals surface area (Å²) < 4.78 is 1.87. The van der Waals surface area contributed by atoms with Crippen LogP contribution in [0.3, 0.4) is 0 Å². The number of carbonyl (C=O) groups excluding carboxylic acids is 1. The lowest BCUT2D eigenvalue weighted by Crippen LogP contribution is -2.31. The fourth-order valence-corrected chi connectivity index (χ4v) is 1.87. The first-order valence-corrected chi connectivity index (χ1v) is 6.25. The summed E-state index contributed by atoms with van der Waals surface area (Å²) in [5.74, 6) is -0.00334. The van der Waals surface area contributed by atoms with Gasteiger partial charge in [0.1, 0.15) is 0 Å². The van der Waals surface area contributed by atoms with E-state index in [0.29, 0.717) is 19.6 Å². The van der Waals surface area contributed by atoms with E-state index in [9.17, 15) is 4.79 Å². The zero-order valence-electron chi connectivity index (χ0n) is 11.4. The van der Waals surface area contributed by atoms with Crippen molar-refractivity contribution in [1.82, 2.24) is 20.4 Å². The van der Waals surface area contributed by atoms with E-state index >= 15 is 0 Å². The maximum Gasteiger partial charge on any atom is 0.234 e. The van der Waals surface area contributed by atoms with Crippen LogP contribution in [0.1, 0.15) is 11.1 Å². The summed E-state index contributed by atoms with van der Waals surface area (Å²) in [6, 6.07) is 9.96. The Morgan fingerprint density at radius 2 is 2.00 bits per heavy atom. The van der Waals surface area contributed by atoms with Gasteiger partial charge >= 0.3 is 0 Å². The number of likely N-dealkylation sites (N-methyl/N-ethyl adjacent to an activating group) is 1. The van der Waals surface area contributed by atoms with Crippen molar-refractivity contribution in [1.29, 1.82) is 0 Å². The zero-order chi connectivity index (χ0) is 13.5. The molecule has 5 nitrogen and oxygen atoms in total. The van der Waals surface area contributed by atoms with Crippen molar-refractivity contribution < 1.29 is 4.79 Å². The van der Waals surface area contributed by atoms with E-state index in [1.54, 1.807) is 13.2 Å². The van der Waals surface area contributed by atoms with Crippen molar-refractivity contribution in [2.75, 3.05) is 13.6 Å². The monoisotopic (exact) mass is 294 g/mol. The minimum absolute atomic E-state index is 0. The summed E-state index contributed by atoms with van der Waals surface area (Å²) in [6.45, 7) is 1.59. The Kier molecular flexibility index (Phi) is 6.76. The molecular weight excluding hydrogens is 276 g/mol. The Hall–Kier alpha value is -1.85. The molecule has 2 N–H and O–H groups in total. The number of amides is 1. The Morgan fingerprint density at radius 1 is 1.25 bits per heavy atom. The maximum absolute atomic E-state index is 11.5. The standard InChI is InChI=1S/C14H18N4O.ClH/c1-15-10-14(19)16-9-12-5-2-3-6-13(12)11-18-8-4-7-17-18;/h2-8,15H,9-11H2,1H3,(H,16,19);1H. The number of hydrogen-bond donors (Lipinski definition) is 2. The zero-order valence-corrected chi connectivity index (χ0v) is 12.2. The average Bonchev–Trinajstić information content (AvgIpc) is 2.91. The van der Waals surface area contributed by atoms with Crippen LogP contribution >= 0.6 is 12.4 Å². The third kappa shape index (κ3) is 4.68. The first-order chi connectivity index (χ1) is 9.29. The first kappa shape index (κ1) is 16.2. The second-order valence-corrected chi connectivity index (χ2v) is 4.28. The van der Waals surface area contributed by atoms with Crippen LogP contribution < -0.4 is 10.6 Å². The number of aromatic nitrogens is 2. The number of benzene rings is 1. The van der Waals surface area contributed by atoms with Crippen LogP contribution in [0.4, 0.5) is 0 Å². The molecule has 1 amide bonds. The van der Waals surface area contributed by atoms with E-state index in [1.807, 2.05) is 35.1 Å². The molecular formula is C14H19ClN4O. The molecule has 0 aliphatic rings. The topological polar surface area (TPSA) is 59.0 Å². The highest BCUT2D eigenvalue weighted by Gasteiger charge is 2.04. The minimum Gasteiger partial charge on any atom is -0.351 e. The van der Waals surface area contributed by atoms with Crippen molar-refractivity contribution in [3.8, 4) is 0 Å². The van der Waals surface area contributed by atoms with Gasteiger partial charge in [-0.15, -0.1) is 12.4 Å². The van der Waals surface area contributed by atoms with Crippen LogP contribution in [-0.2, 0) is 17.9 Å². The fraction of sp³-hybridized carbons (Fsp3) is 0.286. The predicted molar refractivity (Wildman–Crippen MR) is 80.8 cm³/mol. The number of nitrogens with one attached hydrogen (secondary N) is 2. The van der Waals surface area contributed by atoms with Gasteiger partial charge < -0.3 is 10.6 Å². The van der Waals surface area contributed by atoms with Gasteiger partial charge in [-0.3, -0.25) is 9.48 Å². The molecule has 2 aromatic rings. The number of carbonyl (C=O) groups is 1. The van der Waals surface area contributed by atoms with Crippen molar-refractivity contribution >= 4 is 18.3 Å². The van der Waals surface area contributed by atoms with Crippen LogP contribution in [-0.4, -0.2) is 29.3 Å². The van der Waals surface area contributed by atoms with Gasteiger partial charge in [0.2, 0.25) is 5.91 Å². The Balaban J connectivity index is 0.00000200. The first-order valence-electron chi connectivity index (χ1n) is 6.25. The smallest absolute Gasteiger partial charge is 0.234 e. The Morgan fingerprint density at radius 3 is 2.65 bits per heavy atom. The van der Waals surface area contributed by atoms with E-state index < -0.39 is 0 Å². The molecule has 2 rings (SSSR count). The predicted octanol–water partition coefficient (Wildman–Crippen LogP) is 1.19. The van der Waals surface area contributed by atoms with E-state index in [4.69, 9.17) is 0 Å². The lowest BCUT2D eigenvalue weighted by atomic mass is 10.1. The highest BCUT2D eigenvalue weighted by Crippen LogP contribution is 2.10. The van der Waals surface area contributed by atoms with Crippen LogP contribution in [0.15, 0.2) is 42.7 Å². The number of nitrogens with zero attached hydrogens (tertiary/aromatic N) is 2. The maximum atomic E-state index is 11.5. The number of rotatable bonds is 6. The molecule has 0 atom stereocenters.